The lowest BCUT2D eigenvalue weighted by molar-refractivity contribution is 0.180. The number of rotatable bonds is 12. The van der Waals surface area contributed by atoms with Gasteiger partial charge < -0.3 is 5.11 Å². The zero-order chi connectivity index (χ0) is 14.7. The molecular formula is C14H30O4S. The third-order valence-corrected chi connectivity index (χ3v) is 4.76. The highest BCUT2D eigenvalue weighted by atomic mass is 32.2. The lowest BCUT2D eigenvalue weighted by Crippen LogP contribution is -2.20. The van der Waals surface area contributed by atoms with Crippen molar-refractivity contribution in [3.63, 3.8) is 0 Å². The molecule has 2 unspecified atom stereocenters. The summed E-state index contributed by atoms with van der Waals surface area (Å²) in [6.45, 7) is 3.87. The molecule has 0 aliphatic carbocycles. The average Bonchev–Trinajstić information content (AvgIpc) is 2.29. The van der Waals surface area contributed by atoms with Gasteiger partial charge in [0.15, 0.2) is 0 Å². The maximum atomic E-state index is 11.3. The summed E-state index contributed by atoms with van der Waals surface area (Å²) in [6.07, 6.45) is 8.34. The summed E-state index contributed by atoms with van der Waals surface area (Å²) in [5, 5.41) is 8.51. The highest BCUT2D eigenvalue weighted by Gasteiger charge is 2.21. The van der Waals surface area contributed by atoms with E-state index in [2.05, 4.69) is 6.92 Å². The SMILES string of the molecule is CCCCCCCC(CCCCC(C)O)S(=O)(=O)O. The van der Waals surface area contributed by atoms with Crippen molar-refractivity contribution in [1.29, 1.82) is 0 Å². The van der Waals surface area contributed by atoms with E-state index in [1.807, 2.05) is 0 Å². The molecule has 19 heavy (non-hydrogen) atoms. The van der Waals surface area contributed by atoms with Gasteiger partial charge in [-0.05, 0) is 26.2 Å². The van der Waals surface area contributed by atoms with Gasteiger partial charge in [0.05, 0.1) is 11.4 Å². The molecule has 0 aromatic heterocycles. The van der Waals surface area contributed by atoms with Crippen molar-refractivity contribution < 1.29 is 18.1 Å². The predicted molar refractivity (Wildman–Crippen MR) is 78.9 cm³/mol. The lowest BCUT2D eigenvalue weighted by Gasteiger charge is -2.14. The van der Waals surface area contributed by atoms with Crippen LogP contribution >= 0.6 is 0 Å². The van der Waals surface area contributed by atoms with Gasteiger partial charge in [0.25, 0.3) is 10.1 Å². The van der Waals surface area contributed by atoms with Crippen molar-refractivity contribution in [2.45, 2.75) is 89.4 Å². The molecular weight excluding hydrogens is 264 g/mol. The van der Waals surface area contributed by atoms with Crippen molar-refractivity contribution in [2.75, 3.05) is 0 Å². The number of aliphatic hydroxyl groups is 1. The van der Waals surface area contributed by atoms with Gasteiger partial charge in [0, 0.05) is 0 Å². The third-order valence-electron chi connectivity index (χ3n) is 3.45. The van der Waals surface area contributed by atoms with Gasteiger partial charge in [-0.15, -0.1) is 0 Å². The molecule has 0 saturated heterocycles. The Morgan fingerprint density at radius 3 is 1.84 bits per heavy atom. The quantitative estimate of drug-likeness (QED) is 0.426. The van der Waals surface area contributed by atoms with Crippen LogP contribution in [-0.4, -0.2) is 29.4 Å². The minimum atomic E-state index is -3.92. The van der Waals surface area contributed by atoms with Crippen LogP contribution in [0.3, 0.4) is 0 Å². The van der Waals surface area contributed by atoms with Crippen molar-refractivity contribution in [3.8, 4) is 0 Å². The largest absolute Gasteiger partial charge is 0.393 e. The minimum Gasteiger partial charge on any atom is -0.393 e. The Hall–Kier alpha value is -0.130. The van der Waals surface area contributed by atoms with E-state index in [4.69, 9.17) is 5.11 Å². The highest BCUT2D eigenvalue weighted by Crippen LogP contribution is 2.18. The highest BCUT2D eigenvalue weighted by molar-refractivity contribution is 7.86. The van der Waals surface area contributed by atoms with E-state index in [9.17, 15) is 13.0 Å². The summed E-state index contributed by atoms with van der Waals surface area (Å²) in [4.78, 5) is 0. The molecule has 0 heterocycles. The van der Waals surface area contributed by atoms with Crippen molar-refractivity contribution >= 4 is 10.1 Å². The van der Waals surface area contributed by atoms with E-state index in [0.717, 1.165) is 32.1 Å². The fraction of sp³-hybridized carbons (Fsp3) is 1.00. The van der Waals surface area contributed by atoms with Gasteiger partial charge in [-0.1, -0.05) is 51.9 Å². The Kier molecular flexibility index (Phi) is 10.6. The zero-order valence-electron chi connectivity index (χ0n) is 12.3. The predicted octanol–water partition coefficient (Wildman–Crippen LogP) is 3.54. The molecule has 0 bridgehead atoms. The number of unbranched alkanes of at least 4 members (excludes halogenated alkanes) is 5. The molecule has 0 aliphatic rings. The van der Waals surface area contributed by atoms with E-state index >= 15 is 0 Å². The molecule has 2 atom stereocenters. The number of aliphatic hydroxyl groups excluding tert-OH is 1. The first-order valence-corrected chi connectivity index (χ1v) is 9.02. The second-order valence-electron chi connectivity index (χ2n) is 5.47. The molecule has 0 aromatic rings. The molecule has 0 radical (unpaired) electrons. The van der Waals surface area contributed by atoms with Gasteiger partial charge in [-0.25, -0.2) is 0 Å². The summed E-state index contributed by atoms with van der Waals surface area (Å²) in [7, 11) is -3.92. The molecule has 2 N–H and O–H groups in total. The molecule has 0 saturated carbocycles. The second kappa shape index (κ2) is 10.6. The van der Waals surface area contributed by atoms with E-state index < -0.39 is 15.4 Å². The lowest BCUT2D eigenvalue weighted by atomic mass is 10.0. The molecule has 0 aliphatic heterocycles. The van der Waals surface area contributed by atoms with Crippen LogP contribution in [0.25, 0.3) is 0 Å². The van der Waals surface area contributed by atoms with Crippen molar-refractivity contribution in [2.24, 2.45) is 0 Å². The van der Waals surface area contributed by atoms with Gasteiger partial charge in [-0.3, -0.25) is 4.55 Å². The topological polar surface area (TPSA) is 74.6 Å². The van der Waals surface area contributed by atoms with E-state index in [1.54, 1.807) is 6.92 Å². The number of hydrogen-bond donors (Lipinski definition) is 2. The Morgan fingerprint density at radius 1 is 0.895 bits per heavy atom. The first-order chi connectivity index (χ1) is 8.88. The van der Waals surface area contributed by atoms with Crippen LogP contribution in [0, 0.1) is 0 Å². The van der Waals surface area contributed by atoms with Crippen LogP contribution in [0.15, 0.2) is 0 Å². The van der Waals surface area contributed by atoms with Crippen LogP contribution in [0.4, 0.5) is 0 Å². The summed E-state index contributed by atoms with van der Waals surface area (Å²) in [6, 6.07) is 0. The Morgan fingerprint density at radius 2 is 1.37 bits per heavy atom. The van der Waals surface area contributed by atoms with Crippen molar-refractivity contribution in [1.82, 2.24) is 0 Å². The molecule has 0 fully saturated rings. The standard InChI is InChI=1S/C14H30O4S/c1-3-4-5-6-7-11-14(19(16,17)18)12-9-8-10-13(2)15/h13-15H,3-12H2,1-2H3,(H,16,17,18). The zero-order valence-corrected chi connectivity index (χ0v) is 13.2. The van der Waals surface area contributed by atoms with Crippen LogP contribution < -0.4 is 0 Å². The summed E-state index contributed by atoms with van der Waals surface area (Å²) >= 11 is 0. The molecule has 0 amide bonds. The molecule has 0 aromatic carbocycles. The Bertz CT molecular complexity index is 299. The van der Waals surface area contributed by atoms with Crippen molar-refractivity contribution in [3.05, 3.63) is 0 Å². The second-order valence-corrected chi connectivity index (χ2v) is 7.17. The van der Waals surface area contributed by atoms with Crippen LogP contribution in [0.5, 0.6) is 0 Å². The van der Waals surface area contributed by atoms with Gasteiger partial charge in [0.2, 0.25) is 0 Å². The van der Waals surface area contributed by atoms with Gasteiger partial charge in [0.1, 0.15) is 0 Å². The Labute approximate surface area is 118 Å². The summed E-state index contributed by atoms with van der Waals surface area (Å²) < 4.78 is 31.8. The molecule has 116 valence electrons. The van der Waals surface area contributed by atoms with Gasteiger partial charge in [-0.2, -0.15) is 8.42 Å². The van der Waals surface area contributed by atoms with Gasteiger partial charge >= 0.3 is 0 Å². The summed E-state index contributed by atoms with van der Waals surface area (Å²) in [5.41, 5.74) is 0. The maximum Gasteiger partial charge on any atom is 0.267 e. The first-order valence-electron chi connectivity index (χ1n) is 7.52. The minimum absolute atomic E-state index is 0.335. The van der Waals surface area contributed by atoms with E-state index in [-0.39, 0.29) is 6.10 Å². The van der Waals surface area contributed by atoms with E-state index in [0.29, 0.717) is 19.3 Å². The molecule has 0 rings (SSSR count). The fourth-order valence-electron chi connectivity index (χ4n) is 2.23. The maximum absolute atomic E-state index is 11.3. The third kappa shape index (κ3) is 11.4. The monoisotopic (exact) mass is 294 g/mol. The van der Waals surface area contributed by atoms with Crippen LogP contribution in [0.2, 0.25) is 0 Å². The van der Waals surface area contributed by atoms with E-state index in [1.165, 1.54) is 12.8 Å². The van der Waals surface area contributed by atoms with Crippen LogP contribution in [-0.2, 0) is 10.1 Å². The molecule has 5 heteroatoms. The van der Waals surface area contributed by atoms with Crippen LogP contribution in [0.1, 0.15) is 78.1 Å². The molecule has 4 nitrogen and oxygen atoms in total. The average molecular weight is 294 g/mol. The Balaban J connectivity index is 3.91. The fourth-order valence-corrected chi connectivity index (χ4v) is 3.16. The smallest absolute Gasteiger partial charge is 0.267 e. The summed E-state index contributed by atoms with van der Waals surface area (Å²) in [5.74, 6) is 0. The normalized spacial score (nSPS) is 15.4. The molecule has 0 spiro atoms. The first kappa shape index (κ1) is 18.9. The number of hydrogen-bond acceptors (Lipinski definition) is 3.